The summed E-state index contributed by atoms with van der Waals surface area (Å²) >= 11 is 0. The number of rotatable bonds is 5. The monoisotopic (exact) mass is 432 g/mol. The molecule has 1 fully saturated rings. The second-order valence-corrected chi connectivity index (χ2v) is 6.77. The Labute approximate surface area is 181 Å². The maximum atomic E-state index is 12.8. The van der Waals surface area contributed by atoms with E-state index in [9.17, 15) is 19.2 Å². The van der Waals surface area contributed by atoms with E-state index in [4.69, 9.17) is 9.52 Å². The number of hydrogen-bond acceptors (Lipinski definition) is 6. The number of esters is 1. The number of hydrazine groups is 1. The summed E-state index contributed by atoms with van der Waals surface area (Å²) in [6.07, 6.45) is 1.31. The van der Waals surface area contributed by atoms with Crippen molar-refractivity contribution in [2.45, 2.75) is 0 Å². The van der Waals surface area contributed by atoms with Crippen molar-refractivity contribution in [3.8, 4) is 11.3 Å². The van der Waals surface area contributed by atoms with Gasteiger partial charge in [0.1, 0.15) is 17.1 Å². The van der Waals surface area contributed by atoms with Crippen LogP contribution in [0.1, 0.15) is 26.5 Å². The molecule has 2 N–H and O–H groups in total. The SMILES string of the molecule is COC(=O)c1ccc(N2NC(=O)C(=Cc3ccc(-c4cccc(C(=O)O)c4)o3)C2=O)cc1. The minimum absolute atomic E-state index is 0.109. The lowest BCUT2D eigenvalue weighted by molar-refractivity contribution is -0.117. The number of carboxylic acid groups (broad SMARTS) is 1. The zero-order chi connectivity index (χ0) is 22.8. The first-order valence-electron chi connectivity index (χ1n) is 9.36. The summed E-state index contributed by atoms with van der Waals surface area (Å²) in [5, 5.41) is 10.2. The number of aromatic carboxylic acids is 1. The van der Waals surface area contributed by atoms with Gasteiger partial charge in [-0.25, -0.2) is 14.6 Å². The molecule has 0 saturated carbocycles. The average Bonchev–Trinajstić information content (AvgIpc) is 3.39. The number of carbonyl (C=O) groups excluding carboxylic acids is 3. The molecule has 0 bridgehead atoms. The number of carbonyl (C=O) groups is 4. The lowest BCUT2D eigenvalue weighted by Crippen LogP contribution is -2.35. The Kier molecular flexibility index (Phi) is 5.30. The Bertz CT molecular complexity index is 1270. The summed E-state index contributed by atoms with van der Waals surface area (Å²) in [5.41, 5.74) is 3.65. The van der Waals surface area contributed by atoms with Gasteiger partial charge in [0.25, 0.3) is 11.8 Å². The summed E-state index contributed by atoms with van der Waals surface area (Å²) in [6.45, 7) is 0. The van der Waals surface area contributed by atoms with Crippen molar-refractivity contribution >= 4 is 35.5 Å². The standard InChI is InChI=1S/C23H16N2O7/c1-31-23(30)13-5-7-16(8-6-13)25-21(27)18(20(26)24-25)12-17-9-10-19(32-17)14-3-2-4-15(11-14)22(28)29/h2-12H,1H3,(H,24,26)(H,28,29). The largest absolute Gasteiger partial charge is 0.478 e. The number of ether oxygens (including phenoxy) is 1. The molecule has 1 aromatic heterocycles. The Morgan fingerprint density at radius 2 is 1.78 bits per heavy atom. The van der Waals surface area contributed by atoms with Crippen molar-refractivity contribution in [3.63, 3.8) is 0 Å². The predicted molar refractivity (Wildman–Crippen MR) is 112 cm³/mol. The van der Waals surface area contributed by atoms with Crippen LogP contribution in [0, 0.1) is 0 Å². The molecule has 1 saturated heterocycles. The van der Waals surface area contributed by atoms with Crippen molar-refractivity contribution in [2.75, 3.05) is 12.1 Å². The number of hydrogen-bond donors (Lipinski definition) is 2. The molecule has 0 atom stereocenters. The van der Waals surface area contributed by atoms with Crippen LogP contribution in [0.15, 0.2) is 70.7 Å². The van der Waals surface area contributed by atoms with E-state index in [1.165, 1.54) is 49.6 Å². The molecule has 3 aromatic rings. The average molecular weight is 432 g/mol. The van der Waals surface area contributed by atoms with E-state index in [-0.39, 0.29) is 16.9 Å². The van der Waals surface area contributed by atoms with Crippen molar-refractivity contribution < 1.29 is 33.4 Å². The van der Waals surface area contributed by atoms with Crippen molar-refractivity contribution in [1.29, 1.82) is 0 Å². The first-order valence-corrected chi connectivity index (χ1v) is 9.36. The fourth-order valence-electron chi connectivity index (χ4n) is 3.14. The predicted octanol–water partition coefficient (Wildman–Crippen LogP) is 2.89. The molecule has 1 aliphatic heterocycles. The normalized spacial score (nSPS) is 14.5. The van der Waals surface area contributed by atoms with Crippen LogP contribution >= 0.6 is 0 Å². The smallest absolute Gasteiger partial charge is 0.337 e. The molecule has 0 unspecified atom stereocenters. The zero-order valence-electron chi connectivity index (χ0n) is 16.7. The highest BCUT2D eigenvalue weighted by molar-refractivity contribution is 6.31. The molecule has 0 radical (unpaired) electrons. The fourth-order valence-corrected chi connectivity index (χ4v) is 3.14. The Balaban J connectivity index is 1.57. The number of carboxylic acids is 1. The molecule has 2 amide bonds. The van der Waals surface area contributed by atoms with Gasteiger partial charge in [-0.15, -0.1) is 0 Å². The lowest BCUT2D eigenvalue weighted by Gasteiger charge is -2.14. The number of amides is 2. The maximum Gasteiger partial charge on any atom is 0.337 e. The van der Waals surface area contributed by atoms with Crippen molar-refractivity contribution in [3.05, 3.63) is 83.1 Å². The van der Waals surface area contributed by atoms with E-state index in [1.807, 2.05) is 0 Å². The van der Waals surface area contributed by atoms with Crippen LogP contribution in [-0.2, 0) is 14.3 Å². The van der Waals surface area contributed by atoms with E-state index in [2.05, 4.69) is 10.2 Å². The molecule has 0 aliphatic carbocycles. The van der Waals surface area contributed by atoms with Crippen LogP contribution in [-0.4, -0.2) is 36.0 Å². The number of nitrogens with zero attached hydrogens (tertiary/aromatic N) is 1. The van der Waals surface area contributed by atoms with E-state index < -0.39 is 23.8 Å². The molecular weight excluding hydrogens is 416 g/mol. The van der Waals surface area contributed by atoms with Gasteiger partial charge in [-0.1, -0.05) is 12.1 Å². The third-order valence-electron chi connectivity index (χ3n) is 4.75. The van der Waals surface area contributed by atoms with Gasteiger partial charge in [-0.3, -0.25) is 15.0 Å². The Hall–Kier alpha value is -4.66. The summed E-state index contributed by atoms with van der Waals surface area (Å²) in [4.78, 5) is 47.8. The van der Waals surface area contributed by atoms with Gasteiger partial charge in [0.15, 0.2) is 0 Å². The van der Waals surface area contributed by atoms with E-state index in [1.54, 1.807) is 24.3 Å². The number of benzene rings is 2. The minimum Gasteiger partial charge on any atom is -0.478 e. The van der Waals surface area contributed by atoms with Crippen LogP contribution in [0.4, 0.5) is 5.69 Å². The van der Waals surface area contributed by atoms with Crippen LogP contribution in [0.2, 0.25) is 0 Å². The van der Waals surface area contributed by atoms with Gasteiger partial charge in [0.05, 0.1) is 23.9 Å². The quantitative estimate of drug-likeness (QED) is 0.361. The minimum atomic E-state index is -1.06. The summed E-state index contributed by atoms with van der Waals surface area (Å²) in [6, 6.07) is 15.4. The number of methoxy groups -OCH3 is 1. The number of anilines is 1. The molecule has 2 aromatic carbocycles. The van der Waals surface area contributed by atoms with Crippen LogP contribution in [0.3, 0.4) is 0 Å². The van der Waals surface area contributed by atoms with Crippen LogP contribution in [0.5, 0.6) is 0 Å². The van der Waals surface area contributed by atoms with Gasteiger partial charge >= 0.3 is 11.9 Å². The maximum absolute atomic E-state index is 12.8. The van der Waals surface area contributed by atoms with Gasteiger partial charge < -0.3 is 14.3 Å². The third-order valence-corrected chi connectivity index (χ3v) is 4.75. The topological polar surface area (TPSA) is 126 Å². The Morgan fingerprint density at radius 3 is 2.47 bits per heavy atom. The molecule has 2 heterocycles. The molecule has 32 heavy (non-hydrogen) atoms. The third kappa shape index (κ3) is 3.86. The van der Waals surface area contributed by atoms with Crippen LogP contribution in [0.25, 0.3) is 17.4 Å². The zero-order valence-corrected chi connectivity index (χ0v) is 16.7. The highest BCUT2D eigenvalue weighted by Crippen LogP contribution is 2.26. The second kappa shape index (κ2) is 8.23. The highest BCUT2D eigenvalue weighted by Gasteiger charge is 2.34. The highest BCUT2D eigenvalue weighted by atomic mass is 16.5. The molecule has 0 spiro atoms. The van der Waals surface area contributed by atoms with Gasteiger partial charge in [0.2, 0.25) is 0 Å². The number of furan rings is 1. The Morgan fingerprint density at radius 1 is 1.03 bits per heavy atom. The molecule has 4 rings (SSSR count). The molecule has 1 aliphatic rings. The van der Waals surface area contributed by atoms with Crippen molar-refractivity contribution in [2.24, 2.45) is 0 Å². The first kappa shape index (κ1) is 20.6. The summed E-state index contributed by atoms with van der Waals surface area (Å²) in [5.74, 6) is -2.14. The molecule has 9 nitrogen and oxygen atoms in total. The summed E-state index contributed by atoms with van der Waals surface area (Å²) < 4.78 is 10.3. The van der Waals surface area contributed by atoms with E-state index in [0.717, 1.165) is 5.01 Å². The van der Waals surface area contributed by atoms with E-state index in [0.29, 0.717) is 22.6 Å². The number of nitrogens with one attached hydrogen (secondary N) is 1. The fraction of sp³-hybridized carbons (Fsp3) is 0.0435. The molecule has 9 heteroatoms. The second-order valence-electron chi connectivity index (χ2n) is 6.77. The molecular formula is C23H16N2O7. The van der Waals surface area contributed by atoms with E-state index >= 15 is 0 Å². The van der Waals surface area contributed by atoms with Gasteiger partial charge in [0, 0.05) is 5.56 Å². The van der Waals surface area contributed by atoms with Gasteiger partial charge in [-0.05, 0) is 54.6 Å². The lowest BCUT2D eigenvalue weighted by atomic mass is 10.1. The summed E-state index contributed by atoms with van der Waals surface area (Å²) in [7, 11) is 1.26. The van der Waals surface area contributed by atoms with Crippen molar-refractivity contribution in [1.82, 2.24) is 5.43 Å². The molecule has 160 valence electrons. The first-order chi connectivity index (χ1) is 15.4. The van der Waals surface area contributed by atoms with Gasteiger partial charge in [-0.2, -0.15) is 0 Å². The van der Waals surface area contributed by atoms with Crippen LogP contribution < -0.4 is 10.4 Å².